The van der Waals surface area contributed by atoms with Gasteiger partial charge < -0.3 is 15.2 Å². The van der Waals surface area contributed by atoms with Crippen LogP contribution in [0.3, 0.4) is 0 Å². The van der Waals surface area contributed by atoms with Gasteiger partial charge in [0.05, 0.1) is 17.6 Å². The zero-order valence-corrected chi connectivity index (χ0v) is 9.52. The van der Waals surface area contributed by atoms with Crippen LogP contribution in [0.2, 0.25) is 0 Å². The average Bonchev–Trinajstić information content (AvgIpc) is 2.25. The number of nitrogens with one attached hydrogen (secondary N) is 1. The van der Waals surface area contributed by atoms with Crippen LogP contribution in [-0.2, 0) is 4.74 Å². The number of rotatable bonds is 6. The number of benzene rings is 1. The van der Waals surface area contributed by atoms with Crippen molar-refractivity contribution in [2.75, 3.05) is 25.6 Å². The molecule has 0 aliphatic carbocycles. The zero-order chi connectivity index (χ0) is 13.7. The Hall–Kier alpha value is -1.80. The van der Waals surface area contributed by atoms with Gasteiger partial charge in [-0.05, 0) is 0 Å². The van der Waals surface area contributed by atoms with Crippen molar-refractivity contribution in [2.24, 2.45) is 0 Å². The van der Waals surface area contributed by atoms with Gasteiger partial charge in [0, 0.05) is 25.8 Å². The van der Waals surface area contributed by atoms with Crippen LogP contribution in [0.15, 0.2) is 12.1 Å². The summed E-state index contributed by atoms with van der Waals surface area (Å²) < 4.78 is 30.8. The van der Waals surface area contributed by atoms with Gasteiger partial charge in [-0.15, -0.1) is 0 Å². The summed E-state index contributed by atoms with van der Waals surface area (Å²) in [7, 11) is 1.37. The third kappa shape index (κ3) is 3.60. The molecule has 0 amide bonds. The lowest BCUT2D eigenvalue weighted by Crippen LogP contribution is -2.24. The van der Waals surface area contributed by atoms with Crippen molar-refractivity contribution in [3.63, 3.8) is 0 Å². The molecule has 6 nitrogen and oxygen atoms in total. The summed E-state index contributed by atoms with van der Waals surface area (Å²) in [5.74, 6) is -2.22. The summed E-state index contributed by atoms with van der Waals surface area (Å²) in [6.07, 6.45) is -0.944. The van der Waals surface area contributed by atoms with E-state index in [1.165, 1.54) is 7.11 Å². The van der Waals surface area contributed by atoms with Crippen molar-refractivity contribution in [2.45, 2.75) is 6.10 Å². The van der Waals surface area contributed by atoms with Crippen molar-refractivity contribution in [3.05, 3.63) is 33.9 Å². The minimum absolute atomic E-state index is 0.00139. The maximum Gasteiger partial charge on any atom is 0.327 e. The van der Waals surface area contributed by atoms with Gasteiger partial charge in [0.15, 0.2) is 0 Å². The summed E-state index contributed by atoms with van der Waals surface area (Å²) in [6.45, 7) is -0.129. The summed E-state index contributed by atoms with van der Waals surface area (Å²) in [5.41, 5.74) is -1.19. The van der Waals surface area contributed by atoms with Crippen LogP contribution in [0.4, 0.5) is 20.2 Å². The van der Waals surface area contributed by atoms with Gasteiger partial charge in [-0.3, -0.25) is 10.1 Å². The van der Waals surface area contributed by atoms with Gasteiger partial charge in [-0.2, -0.15) is 4.39 Å². The van der Waals surface area contributed by atoms with E-state index in [1.54, 1.807) is 0 Å². The van der Waals surface area contributed by atoms with Crippen LogP contribution in [0, 0.1) is 21.7 Å². The van der Waals surface area contributed by atoms with Crippen molar-refractivity contribution >= 4 is 11.4 Å². The molecular formula is C10H12F2N2O4. The normalized spacial score (nSPS) is 12.2. The van der Waals surface area contributed by atoms with E-state index in [-0.39, 0.29) is 18.8 Å². The van der Waals surface area contributed by atoms with Crippen LogP contribution in [0.25, 0.3) is 0 Å². The Labute approximate surface area is 101 Å². The van der Waals surface area contributed by atoms with Crippen molar-refractivity contribution in [3.8, 4) is 0 Å². The highest BCUT2D eigenvalue weighted by molar-refractivity contribution is 5.62. The highest BCUT2D eigenvalue weighted by Gasteiger charge is 2.22. The molecule has 0 fully saturated rings. The zero-order valence-electron chi connectivity index (χ0n) is 9.52. The molecule has 1 aromatic rings. The Morgan fingerprint density at radius 2 is 2.22 bits per heavy atom. The molecule has 0 saturated heterocycles. The topological polar surface area (TPSA) is 84.6 Å². The van der Waals surface area contributed by atoms with Crippen LogP contribution >= 0.6 is 0 Å². The number of hydrogen-bond donors (Lipinski definition) is 2. The lowest BCUT2D eigenvalue weighted by molar-refractivity contribution is -0.386. The van der Waals surface area contributed by atoms with E-state index >= 15 is 0 Å². The van der Waals surface area contributed by atoms with E-state index in [4.69, 9.17) is 0 Å². The monoisotopic (exact) mass is 262 g/mol. The second-order valence-electron chi connectivity index (χ2n) is 3.53. The number of nitro groups is 1. The molecule has 1 rings (SSSR count). The molecule has 100 valence electrons. The number of nitro benzene ring substituents is 1. The predicted molar refractivity (Wildman–Crippen MR) is 59.4 cm³/mol. The van der Waals surface area contributed by atoms with Crippen LogP contribution in [0.1, 0.15) is 0 Å². The largest absolute Gasteiger partial charge is 0.389 e. The number of ether oxygens (including phenoxy) is 1. The highest BCUT2D eigenvalue weighted by atomic mass is 19.1. The Morgan fingerprint density at radius 1 is 1.56 bits per heavy atom. The van der Waals surface area contributed by atoms with E-state index in [9.17, 15) is 24.0 Å². The Balaban J connectivity index is 2.90. The minimum Gasteiger partial charge on any atom is -0.389 e. The number of methoxy groups -OCH3 is 1. The number of halogens is 2. The summed E-state index contributed by atoms with van der Waals surface area (Å²) in [5, 5.41) is 22.4. The van der Waals surface area contributed by atoms with Gasteiger partial charge in [-0.25, -0.2) is 4.39 Å². The molecule has 0 aliphatic rings. The van der Waals surface area contributed by atoms with Crippen LogP contribution in [0.5, 0.6) is 0 Å². The van der Waals surface area contributed by atoms with Gasteiger partial charge >= 0.3 is 5.69 Å². The lowest BCUT2D eigenvalue weighted by atomic mass is 10.2. The van der Waals surface area contributed by atoms with Crippen molar-refractivity contribution in [1.29, 1.82) is 0 Å². The summed E-state index contributed by atoms with van der Waals surface area (Å²) >= 11 is 0. The molecule has 18 heavy (non-hydrogen) atoms. The quantitative estimate of drug-likeness (QED) is 0.596. The van der Waals surface area contributed by atoms with E-state index < -0.39 is 28.3 Å². The fourth-order valence-electron chi connectivity index (χ4n) is 1.37. The second kappa shape index (κ2) is 6.22. The first-order valence-electron chi connectivity index (χ1n) is 5.00. The van der Waals surface area contributed by atoms with E-state index in [0.717, 1.165) is 6.07 Å². The Bertz CT molecular complexity index is 442. The molecule has 0 aromatic heterocycles. The van der Waals surface area contributed by atoms with Gasteiger partial charge in [0.2, 0.25) is 5.82 Å². The number of nitrogens with zero attached hydrogens (tertiary/aromatic N) is 1. The third-order valence-corrected chi connectivity index (χ3v) is 2.10. The van der Waals surface area contributed by atoms with Gasteiger partial charge in [-0.1, -0.05) is 0 Å². The van der Waals surface area contributed by atoms with Crippen LogP contribution < -0.4 is 5.32 Å². The van der Waals surface area contributed by atoms with Crippen molar-refractivity contribution < 1.29 is 23.5 Å². The number of aliphatic hydroxyl groups is 1. The Morgan fingerprint density at radius 3 is 2.78 bits per heavy atom. The molecule has 1 atom stereocenters. The standard InChI is InChI=1S/C10H12F2N2O4/c1-18-5-7(15)4-13-9-3-6(11)2-8(12)10(9)14(16)17/h2-3,7,13,15H,4-5H2,1H3. The SMILES string of the molecule is COCC(O)CNc1cc(F)cc(F)c1[N+](=O)[O-]. The van der Waals surface area contributed by atoms with Crippen LogP contribution in [-0.4, -0.2) is 36.4 Å². The van der Waals surface area contributed by atoms with E-state index in [1.807, 2.05) is 0 Å². The van der Waals surface area contributed by atoms with Crippen molar-refractivity contribution in [1.82, 2.24) is 0 Å². The molecular weight excluding hydrogens is 250 g/mol. The highest BCUT2D eigenvalue weighted by Crippen LogP contribution is 2.28. The van der Waals surface area contributed by atoms with Gasteiger partial charge in [0.1, 0.15) is 11.5 Å². The fraction of sp³-hybridized carbons (Fsp3) is 0.400. The molecule has 1 aromatic carbocycles. The lowest BCUT2D eigenvalue weighted by Gasteiger charge is -2.12. The molecule has 0 spiro atoms. The molecule has 0 radical (unpaired) electrons. The van der Waals surface area contributed by atoms with Gasteiger partial charge in [0.25, 0.3) is 0 Å². The third-order valence-electron chi connectivity index (χ3n) is 2.10. The first-order valence-corrected chi connectivity index (χ1v) is 5.00. The summed E-state index contributed by atoms with van der Waals surface area (Å²) in [4.78, 5) is 9.68. The first-order chi connectivity index (χ1) is 8.45. The smallest absolute Gasteiger partial charge is 0.327 e. The molecule has 2 N–H and O–H groups in total. The maximum absolute atomic E-state index is 13.2. The maximum atomic E-state index is 13.2. The molecule has 8 heteroatoms. The number of aliphatic hydroxyl groups excluding tert-OH is 1. The average molecular weight is 262 g/mol. The van der Waals surface area contributed by atoms with E-state index in [2.05, 4.69) is 10.1 Å². The first kappa shape index (κ1) is 14.3. The Kier molecular flexibility index (Phi) is 4.93. The number of hydrogen-bond acceptors (Lipinski definition) is 5. The van der Waals surface area contributed by atoms with E-state index in [0.29, 0.717) is 6.07 Å². The number of anilines is 1. The molecule has 0 bridgehead atoms. The minimum atomic E-state index is -1.27. The molecule has 0 aliphatic heterocycles. The molecule has 1 unspecified atom stereocenters. The second-order valence-corrected chi connectivity index (χ2v) is 3.53. The predicted octanol–water partition coefficient (Wildman–Crippen LogP) is 1.29. The fourth-order valence-corrected chi connectivity index (χ4v) is 1.37. The molecule has 0 heterocycles. The molecule has 0 saturated carbocycles. The summed E-state index contributed by atoms with van der Waals surface area (Å²) in [6, 6.07) is 1.22.